The SMILES string of the molecule is COc1ccc(C(=O)N2CCC(CCc3ccc(-c4ccccc4)cc3)CC2)c(OC)c1. The van der Waals surface area contributed by atoms with Gasteiger partial charge in [0.15, 0.2) is 0 Å². The third kappa shape index (κ3) is 5.13. The number of methoxy groups -OCH3 is 2. The summed E-state index contributed by atoms with van der Waals surface area (Å²) in [5.41, 5.74) is 4.50. The Morgan fingerprint density at radius 1 is 0.875 bits per heavy atom. The van der Waals surface area contributed by atoms with Crippen LogP contribution in [0.2, 0.25) is 0 Å². The summed E-state index contributed by atoms with van der Waals surface area (Å²) in [5, 5.41) is 0. The fraction of sp³-hybridized carbons (Fsp3) is 0.321. The molecule has 0 radical (unpaired) electrons. The molecule has 0 unspecified atom stereocenters. The van der Waals surface area contributed by atoms with Gasteiger partial charge in [0.25, 0.3) is 5.91 Å². The number of hydrogen-bond acceptors (Lipinski definition) is 3. The van der Waals surface area contributed by atoms with E-state index in [0.717, 1.165) is 32.4 Å². The zero-order valence-corrected chi connectivity index (χ0v) is 18.9. The van der Waals surface area contributed by atoms with E-state index in [1.807, 2.05) is 17.0 Å². The molecular weight excluding hydrogens is 398 g/mol. The van der Waals surface area contributed by atoms with Crippen LogP contribution in [0.1, 0.15) is 35.2 Å². The Kier molecular flexibility index (Phi) is 7.10. The Bertz CT molecular complexity index is 1020. The third-order valence-corrected chi connectivity index (χ3v) is 6.44. The Morgan fingerprint density at radius 3 is 2.22 bits per heavy atom. The predicted octanol–water partition coefficient (Wildman–Crippen LogP) is 5.86. The number of benzene rings is 3. The minimum Gasteiger partial charge on any atom is -0.497 e. The predicted molar refractivity (Wildman–Crippen MR) is 128 cm³/mol. The molecule has 4 rings (SSSR count). The van der Waals surface area contributed by atoms with Gasteiger partial charge in [-0.1, -0.05) is 54.6 Å². The van der Waals surface area contributed by atoms with Gasteiger partial charge in [0, 0.05) is 19.2 Å². The first-order valence-corrected chi connectivity index (χ1v) is 11.3. The highest BCUT2D eigenvalue weighted by atomic mass is 16.5. The van der Waals surface area contributed by atoms with Crippen molar-refractivity contribution in [3.63, 3.8) is 0 Å². The first kappa shape index (κ1) is 21.9. The number of piperidine rings is 1. The van der Waals surface area contributed by atoms with Crippen LogP contribution >= 0.6 is 0 Å². The van der Waals surface area contributed by atoms with Crippen molar-refractivity contribution in [2.24, 2.45) is 5.92 Å². The molecule has 1 aliphatic heterocycles. The first-order chi connectivity index (χ1) is 15.7. The van der Waals surface area contributed by atoms with Gasteiger partial charge in [-0.05, 0) is 60.4 Å². The van der Waals surface area contributed by atoms with E-state index in [4.69, 9.17) is 9.47 Å². The highest BCUT2D eigenvalue weighted by Gasteiger charge is 2.25. The minimum atomic E-state index is 0.0412. The van der Waals surface area contributed by atoms with Crippen molar-refractivity contribution in [1.82, 2.24) is 4.90 Å². The molecule has 32 heavy (non-hydrogen) atoms. The Balaban J connectivity index is 1.28. The maximum atomic E-state index is 13.0. The number of carbonyl (C=O) groups is 1. The van der Waals surface area contributed by atoms with E-state index < -0.39 is 0 Å². The molecule has 3 aromatic rings. The van der Waals surface area contributed by atoms with Gasteiger partial charge in [-0.25, -0.2) is 0 Å². The Morgan fingerprint density at radius 2 is 1.56 bits per heavy atom. The molecule has 1 aliphatic rings. The van der Waals surface area contributed by atoms with Gasteiger partial charge >= 0.3 is 0 Å². The second kappa shape index (κ2) is 10.4. The molecule has 1 heterocycles. The molecule has 0 N–H and O–H groups in total. The van der Waals surface area contributed by atoms with Crippen LogP contribution in [0, 0.1) is 5.92 Å². The highest BCUT2D eigenvalue weighted by Crippen LogP contribution is 2.29. The van der Waals surface area contributed by atoms with Crippen LogP contribution in [0.3, 0.4) is 0 Å². The van der Waals surface area contributed by atoms with Crippen molar-refractivity contribution in [2.45, 2.75) is 25.7 Å². The van der Waals surface area contributed by atoms with E-state index in [2.05, 4.69) is 48.5 Å². The van der Waals surface area contributed by atoms with Gasteiger partial charge in [0.1, 0.15) is 11.5 Å². The summed E-state index contributed by atoms with van der Waals surface area (Å²) in [6, 6.07) is 24.8. The average Bonchev–Trinajstić information content (AvgIpc) is 2.87. The second-order valence-electron chi connectivity index (χ2n) is 8.40. The number of aryl methyl sites for hydroxylation is 1. The molecule has 4 heteroatoms. The zero-order valence-electron chi connectivity index (χ0n) is 18.9. The van der Waals surface area contributed by atoms with Crippen LogP contribution in [0.5, 0.6) is 11.5 Å². The number of hydrogen-bond donors (Lipinski definition) is 0. The van der Waals surface area contributed by atoms with Gasteiger partial charge in [0.2, 0.25) is 0 Å². The third-order valence-electron chi connectivity index (χ3n) is 6.44. The largest absolute Gasteiger partial charge is 0.497 e. The highest BCUT2D eigenvalue weighted by molar-refractivity contribution is 5.97. The molecule has 1 amide bonds. The van der Waals surface area contributed by atoms with Crippen molar-refractivity contribution in [2.75, 3.05) is 27.3 Å². The van der Waals surface area contributed by atoms with Crippen molar-refractivity contribution in [3.05, 3.63) is 83.9 Å². The molecule has 1 saturated heterocycles. The van der Waals surface area contributed by atoms with E-state index >= 15 is 0 Å². The molecule has 0 bridgehead atoms. The molecular formula is C28H31NO3. The van der Waals surface area contributed by atoms with Gasteiger partial charge in [-0.3, -0.25) is 4.79 Å². The lowest BCUT2D eigenvalue weighted by atomic mass is 9.90. The van der Waals surface area contributed by atoms with Gasteiger partial charge in [-0.15, -0.1) is 0 Å². The average molecular weight is 430 g/mol. The van der Waals surface area contributed by atoms with Gasteiger partial charge < -0.3 is 14.4 Å². The van der Waals surface area contributed by atoms with Crippen LogP contribution < -0.4 is 9.47 Å². The summed E-state index contributed by atoms with van der Waals surface area (Å²) < 4.78 is 10.7. The van der Waals surface area contributed by atoms with Crippen LogP contribution in [0.4, 0.5) is 0 Å². The summed E-state index contributed by atoms with van der Waals surface area (Å²) in [6.45, 7) is 1.59. The van der Waals surface area contributed by atoms with Crippen LogP contribution in [0.15, 0.2) is 72.8 Å². The maximum Gasteiger partial charge on any atom is 0.257 e. The number of ether oxygens (including phenoxy) is 2. The molecule has 0 saturated carbocycles. The molecule has 0 spiro atoms. The summed E-state index contributed by atoms with van der Waals surface area (Å²) in [7, 11) is 3.20. The summed E-state index contributed by atoms with van der Waals surface area (Å²) in [4.78, 5) is 15.0. The van der Waals surface area contributed by atoms with Crippen LogP contribution in [-0.4, -0.2) is 38.1 Å². The number of carbonyl (C=O) groups excluding carboxylic acids is 1. The van der Waals surface area contributed by atoms with Crippen molar-refractivity contribution < 1.29 is 14.3 Å². The molecule has 0 aliphatic carbocycles. The molecule has 0 aromatic heterocycles. The first-order valence-electron chi connectivity index (χ1n) is 11.3. The number of nitrogens with zero attached hydrogens (tertiary/aromatic N) is 1. The van der Waals surface area contributed by atoms with E-state index in [9.17, 15) is 4.79 Å². The Labute approximate surface area is 190 Å². The molecule has 3 aromatic carbocycles. The lowest BCUT2D eigenvalue weighted by Crippen LogP contribution is -2.38. The maximum absolute atomic E-state index is 13.0. The zero-order chi connectivity index (χ0) is 22.3. The van der Waals surface area contributed by atoms with Crippen LogP contribution in [0.25, 0.3) is 11.1 Å². The number of likely N-dealkylation sites (tertiary alicyclic amines) is 1. The van der Waals surface area contributed by atoms with Gasteiger partial charge in [0.05, 0.1) is 19.8 Å². The van der Waals surface area contributed by atoms with E-state index in [1.54, 1.807) is 26.4 Å². The Hall–Kier alpha value is -3.27. The van der Waals surface area contributed by atoms with Crippen molar-refractivity contribution in [1.29, 1.82) is 0 Å². The van der Waals surface area contributed by atoms with Crippen molar-refractivity contribution in [3.8, 4) is 22.6 Å². The normalized spacial score (nSPS) is 14.2. The smallest absolute Gasteiger partial charge is 0.257 e. The lowest BCUT2D eigenvalue weighted by molar-refractivity contribution is 0.0683. The monoisotopic (exact) mass is 429 g/mol. The summed E-state index contributed by atoms with van der Waals surface area (Å²) in [6.07, 6.45) is 4.34. The van der Waals surface area contributed by atoms with Gasteiger partial charge in [-0.2, -0.15) is 0 Å². The molecule has 4 nitrogen and oxygen atoms in total. The lowest BCUT2D eigenvalue weighted by Gasteiger charge is -2.32. The number of amides is 1. The second-order valence-corrected chi connectivity index (χ2v) is 8.40. The summed E-state index contributed by atoms with van der Waals surface area (Å²) >= 11 is 0. The molecule has 1 fully saturated rings. The fourth-order valence-corrected chi connectivity index (χ4v) is 4.44. The fourth-order valence-electron chi connectivity index (χ4n) is 4.44. The summed E-state index contributed by atoms with van der Waals surface area (Å²) in [5.74, 6) is 1.95. The van der Waals surface area contributed by atoms with E-state index in [0.29, 0.717) is 23.0 Å². The van der Waals surface area contributed by atoms with Crippen LogP contribution in [-0.2, 0) is 6.42 Å². The molecule has 166 valence electrons. The quantitative estimate of drug-likeness (QED) is 0.472. The van der Waals surface area contributed by atoms with E-state index in [-0.39, 0.29) is 5.91 Å². The topological polar surface area (TPSA) is 38.8 Å². The van der Waals surface area contributed by atoms with Crippen molar-refractivity contribution >= 4 is 5.91 Å². The van der Waals surface area contributed by atoms with E-state index in [1.165, 1.54) is 23.1 Å². The number of rotatable bonds is 7. The molecule has 0 atom stereocenters. The standard InChI is InChI=1S/C28H31NO3/c1-31-25-14-15-26(27(20-25)32-2)28(30)29-18-16-22(17-19-29)9-8-21-10-12-24(13-11-21)23-6-4-3-5-7-23/h3-7,10-15,20,22H,8-9,16-19H2,1-2H3. The minimum absolute atomic E-state index is 0.0412.